The maximum absolute atomic E-state index is 12.2. The Morgan fingerprint density at radius 1 is 1.28 bits per heavy atom. The van der Waals surface area contributed by atoms with Gasteiger partial charge in [0.25, 0.3) is 0 Å². The zero-order valence-corrected chi connectivity index (χ0v) is 20.9. The summed E-state index contributed by atoms with van der Waals surface area (Å²) in [5.41, 5.74) is 1.19. The number of amides is 1. The second-order valence-corrected chi connectivity index (χ2v) is 9.78. The van der Waals surface area contributed by atoms with Crippen molar-refractivity contribution in [1.29, 1.82) is 5.26 Å². The summed E-state index contributed by atoms with van der Waals surface area (Å²) in [5, 5.41) is 16.6. The number of nitrogens with zero attached hydrogens (tertiary/aromatic N) is 5. The number of piperidine rings is 1. The molecule has 0 radical (unpaired) electrons. The molecular formula is C26H30N6O4. The first kappa shape index (κ1) is 25.0. The Labute approximate surface area is 209 Å². The van der Waals surface area contributed by atoms with Gasteiger partial charge in [-0.2, -0.15) is 10.4 Å². The third-order valence-corrected chi connectivity index (χ3v) is 6.03. The fourth-order valence-corrected chi connectivity index (χ4v) is 4.29. The van der Waals surface area contributed by atoms with E-state index in [1.54, 1.807) is 37.7 Å². The van der Waals surface area contributed by atoms with Crippen LogP contribution in [-0.4, -0.2) is 57.8 Å². The Morgan fingerprint density at radius 3 is 2.61 bits per heavy atom. The molecule has 0 bridgehead atoms. The molecule has 188 valence electrons. The van der Waals surface area contributed by atoms with Gasteiger partial charge in [0.1, 0.15) is 35.1 Å². The van der Waals surface area contributed by atoms with Crippen LogP contribution >= 0.6 is 0 Å². The van der Waals surface area contributed by atoms with Crippen molar-refractivity contribution in [3.05, 3.63) is 42.4 Å². The topological polar surface area (TPSA) is 122 Å². The molecule has 0 aromatic carbocycles. The Kier molecular flexibility index (Phi) is 6.84. The van der Waals surface area contributed by atoms with Crippen molar-refractivity contribution in [2.75, 3.05) is 24.6 Å². The van der Waals surface area contributed by atoms with Crippen LogP contribution in [0.5, 0.6) is 5.75 Å². The quantitative estimate of drug-likeness (QED) is 0.519. The number of aldehydes is 1. The summed E-state index contributed by atoms with van der Waals surface area (Å²) in [6.07, 6.45) is 6.14. The predicted molar refractivity (Wildman–Crippen MR) is 134 cm³/mol. The molecule has 0 saturated carbocycles. The minimum atomic E-state index is -0.959. The largest absolute Gasteiger partial charge is 0.492 e. The van der Waals surface area contributed by atoms with Crippen LogP contribution in [0.1, 0.15) is 46.1 Å². The van der Waals surface area contributed by atoms with E-state index in [-0.39, 0.29) is 0 Å². The molecule has 1 fully saturated rings. The number of ether oxygens (including phenoxy) is 2. The number of hydrogen-bond acceptors (Lipinski definition) is 8. The van der Waals surface area contributed by atoms with Crippen LogP contribution in [0.3, 0.4) is 0 Å². The van der Waals surface area contributed by atoms with E-state index in [0.29, 0.717) is 49.4 Å². The van der Waals surface area contributed by atoms with Gasteiger partial charge in [-0.1, -0.05) is 0 Å². The normalized spacial score (nSPS) is 15.2. The van der Waals surface area contributed by atoms with Crippen molar-refractivity contribution in [2.24, 2.45) is 0 Å². The molecule has 10 nitrogen and oxygen atoms in total. The summed E-state index contributed by atoms with van der Waals surface area (Å²) in [4.78, 5) is 30.9. The van der Waals surface area contributed by atoms with Crippen molar-refractivity contribution in [2.45, 2.75) is 51.7 Å². The molecule has 4 rings (SSSR count). The maximum atomic E-state index is 12.2. The SMILES string of the molecule is CCOc1cc(-c2ccc(N3CCC(C=O)(NC(=O)OC(C)(C)C)CC3)nc2)c2c(C#N)cnn2c1. The first-order chi connectivity index (χ1) is 17.2. The number of alkyl carbamates (subject to hydrolysis) is 1. The second-order valence-electron chi connectivity index (χ2n) is 9.78. The third-order valence-electron chi connectivity index (χ3n) is 6.03. The molecule has 3 aromatic heterocycles. The summed E-state index contributed by atoms with van der Waals surface area (Å²) < 4.78 is 12.7. The molecule has 3 aromatic rings. The van der Waals surface area contributed by atoms with Gasteiger partial charge in [-0.25, -0.2) is 14.3 Å². The van der Waals surface area contributed by atoms with Crippen LogP contribution in [0.25, 0.3) is 16.6 Å². The lowest BCUT2D eigenvalue weighted by molar-refractivity contribution is -0.114. The van der Waals surface area contributed by atoms with Gasteiger partial charge < -0.3 is 24.5 Å². The summed E-state index contributed by atoms with van der Waals surface area (Å²) >= 11 is 0. The number of anilines is 1. The van der Waals surface area contributed by atoms with E-state index in [1.165, 1.54) is 6.20 Å². The number of nitriles is 1. The molecule has 0 unspecified atom stereocenters. The number of carbonyl (C=O) groups excluding carboxylic acids is 2. The number of fused-ring (bicyclic) bond motifs is 1. The molecule has 1 saturated heterocycles. The van der Waals surface area contributed by atoms with Crippen LogP contribution in [0.2, 0.25) is 0 Å². The van der Waals surface area contributed by atoms with Gasteiger partial charge in [0.2, 0.25) is 0 Å². The average molecular weight is 491 g/mol. The minimum absolute atomic E-state index is 0.442. The highest BCUT2D eigenvalue weighted by atomic mass is 16.6. The van der Waals surface area contributed by atoms with Crippen molar-refractivity contribution >= 4 is 23.7 Å². The van der Waals surface area contributed by atoms with Gasteiger partial charge in [-0.3, -0.25) is 0 Å². The summed E-state index contributed by atoms with van der Waals surface area (Å²) in [7, 11) is 0. The summed E-state index contributed by atoms with van der Waals surface area (Å²) in [6.45, 7) is 8.86. The highest BCUT2D eigenvalue weighted by Crippen LogP contribution is 2.32. The lowest BCUT2D eigenvalue weighted by Crippen LogP contribution is -2.57. The molecule has 1 N–H and O–H groups in total. The zero-order chi connectivity index (χ0) is 25.9. The summed E-state index contributed by atoms with van der Waals surface area (Å²) in [5.74, 6) is 1.41. The number of carbonyl (C=O) groups is 2. The zero-order valence-electron chi connectivity index (χ0n) is 20.9. The predicted octanol–water partition coefficient (Wildman–Crippen LogP) is 3.73. The number of rotatable bonds is 6. The van der Waals surface area contributed by atoms with Crippen molar-refractivity contribution < 1.29 is 19.1 Å². The molecule has 0 atom stereocenters. The lowest BCUT2D eigenvalue weighted by atomic mass is 9.89. The van der Waals surface area contributed by atoms with E-state index < -0.39 is 17.2 Å². The third kappa shape index (κ3) is 5.25. The molecule has 0 aliphatic carbocycles. The highest BCUT2D eigenvalue weighted by Gasteiger charge is 2.37. The van der Waals surface area contributed by atoms with Gasteiger partial charge in [0.15, 0.2) is 0 Å². The molecule has 36 heavy (non-hydrogen) atoms. The first-order valence-corrected chi connectivity index (χ1v) is 11.9. The van der Waals surface area contributed by atoms with E-state index >= 15 is 0 Å². The van der Waals surface area contributed by atoms with Gasteiger partial charge in [-0.15, -0.1) is 0 Å². The fourth-order valence-electron chi connectivity index (χ4n) is 4.29. The smallest absolute Gasteiger partial charge is 0.408 e. The number of nitrogens with one attached hydrogen (secondary N) is 1. The molecular weight excluding hydrogens is 460 g/mol. The number of hydrogen-bond donors (Lipinski definition) is 1. The summed E-state index contributed by atoms with van der Waals surface area (Å²) in [6, 6.07) is 7.94. The fraction of sp³-hybridized carbons (Fsp3) is 0.423. The van der Waals surface area contributed by atoms with Crippen LogP contribution in [0.4, 0.5) is 10.6 Å². The van der Waals surface area contributed by atoms with Gasteiger partial charge >= 0.3 is 6.09 Å². The van der Waals surface area contributed by atoms with Crippen molar-refractivity contribution in [3.63, 3.8) is 0 Å². The van der Waals surface area contributed by atoms with E-state index in [4.69, 9.17) is 9.47 Å². The Bertz CT molecular complexity index is 1290. The van der Waals surface area contributed by atoms with Gasteiger partial charge in [0, 0.05) is 30.4 Å². The molecule has 1 aliphatic heterocycles. The molecule has 1 aliphatic rings. The van der Waals surface area contributed by atoms with Crippen LogP contribution in [-0.2, 0) is 9.53 Å². The van der Waals surface area contributed by atoms with E-state index in [0.717, 1.165) is 23.2 Å². The second kappa shape index (κ2) is 9.85. The average Bonchev–Trinajstić information content (AvgIpc) is 3.26. The standard InChI is InChI=1S/C26H30N6O4/c1-5-35-20-12-21(23-19(13-27)15-29-32(23)16-20)18-6-7-22(28-14-18)31-10-8-26(17-33,9-11-31)30-24(34)36-25(2,3)4/h6-7,12,14-17H,5,8-11H2,1-4H3,(H,30,34). The van der Waals surface area contributed by atoms with Crippen molar-refractivity contribution in [3.8, 4) is 22.9 Å². The van der Waals surface area contributed by atoms with Gasteiger partial charge in [0.05, 0.1) is 30.1 Å². The van der Waals surface area contributed by atoms with Crippen LogP contribution < -0.4 is 15.0 Å². The van der Waals surface area contributed by atoms with E-state index in [2.05, 4.69) is 26.4 Å². The molecule has 0 spiro atoms. The molecule has 1 amide bonds. The van der Waals surface area contributed by atoms with E-state index in [9.17, 15) is 14.9 Å². The lowest BCUT2D eigenvalue weighted by Gasteiger charge is -2.39. The van der Waals surface area contributed by atoms with Crippen LogP contribution in [0.15, 0.2) is 36.8 Å². The van der Waals surface area contributed by atoms with Crippen molar-refractivity contribution in [1.82, 2.24) is 19.9 Å². The molecule has 4 heterocycles. The Balaban J connectivity index is 1.52. The van der Waals surface area contributed by atoms with Crippen LogP contribution in [0, 0.1) is 11.3 Å². The highest BCUT2D eigenvalue weighted by molar-refractivity contribution is 5.85. The maximum Gasteiger partial charge on any atom is 0.408 e. The van der Waals surface area contributed by atoms with Gasteiger partial charge in [-0.05, 0) is 58.7 Å². The number of pyridine rings is 2. The monoisotopic (exact) mass is 490 g/mol. The number of aromatic nitrogens is 3. The molecule has 10 heteroatoms. The van der Waals surface area contributed by atoms with E-state index in [1.807, 2.05) is 25.1 Å². The Hall–Kier alpha value is -4.13. The first-order valence-electron chi connectivity index (χ1n) is 11.9. The minimum Gasteiger partial charge on any atom is -0.492 e. The Morgan fingerprint density at radius 2 is 2.03 bits per heavy atom.